The zero-order chi connectivity index (χ0) is 17.4. The molecule has 1 N–H and O–H groups in total. The molecule has 0 aliphatic heterocycles. The molecule has 2 aromatic carbocycles. The Kier molecular flexibility index (Phi) is 4.10. The molecule has 0 aliphatic rings. The maximum atomic E-state index is 12.7. The van der Waals surface area contributed by atoms with E-state index in [4.69, 9.17) is 5.11 Å². The van der Waals surface area contributed by atoms with E-state index in [2.05, 4.69) is 0 Å². The monoisotopic (exact) mass is 334 g/mol. The molecule has 0 radical (unpaired) electrons. The van der Waals surface area contributed by atoms with E-state index in [1.807, 2.05) is 0 Å². The van der Waals surface area contributed by atoms with Crippen LogP contribution < -0.4 is 0 Å². The van der Waals surface area contributed by atoms with Gasteiger partial charge in [0.25, 0.3) is 0 Å². The van der Waals surface area contributed by atoms with Crippen LogP contribution in [0.1, 0.15) is 21.5 Å². The summed E-state index contributed by atoms with van der Waals surface area (Å²) in [7, 11) is 0. The summed E-state index contributed by atoms with van der Waals surface area (Å²) in [5.74, 6) is -1.77. The molecule has 8 heteroatoms. The predicted octanol–water partition coefficient (Wildman–Crippen LogP) is 5.09. The van der Waals surface area contributed by atoms with Gasteiger partial charge in [0, 0.05) is 0 Å². The highest BCUT2D eigenvalue weighted by molar-refractivity contribution is 5.91. The van der Waals surface area contributed by atoms with Crippen molar-refractivity contribution in [1.82, 2.24) is 0 Å². The lowest BCUT2D eigenvalue weighted by Gasteiger charge is -2.12. The lowest BCUT2D eigenvalue weighted by atomic mass is 9.98. The fourth-order valence-electron chi connectivity index (χ4n) is 2.00. The Bertz CT molecular complexity index is 729. The zero-order valence-corrected chi connectivity index (χ0v) is 11.2. The molecule has 0 atom stereocenters. The minimum absolute atomic E-state index is 0.0733. The molecule has 2 nitrogen and oxygen atoms in total. The molecule has 0 aromatic heterocycles. The van der Waals surface area contributed by atoms with Crippen LogP contribution in [0.25, 0.3) is 11.1 Å². The Morgan fingerprint density at radius 1 is 0.783 bits per heavy atom. The number of carbonyl (C=O) groups is 1. The van der Waals surface area contributed by atoms with Crippen LogP contribution in [0.2, 0.25) is 0 Å². The third-order valence-electron chi connectivity index (χ3n) is 3.10. The molecular weight excluding hydrogens is 326 g/mol. The van der Waals surface area contributed by atoms with E-state index in [1.54, 1.807) is 0 Å². The highest BCUT2D eigenvalue weighted by Crippen LogP contribution is 2.35. The van der Waals surface area contributed by atoms with E-state index in [0.717, 1.165) is 36.4 Å². The Morgan fingerprint density at radius 3 is 1.74 bits per heavy atom. The van der Waals surface area contributed by atoms with Crippen LogP contribution >= 0.6 is 0 Å². The van der Waals surface area contributed by atoms with Crippen molar-refractivity contribution in [2.45, 2.75) is 12.4 Å². The van der Waals surface area contributed by atoms with Gasteiger partial charge in [-0.25, -0.2) is 4.79 Å². The molecule has 2 rings (SSSR count). The molecule has 0 bridgehead atoms. The highest BCUT2D eigenvalue weighted by Gasteiger charge is 2.35. The van der Waals surface area contributed by atoms with Gasteiger partial charge in [-0.15, -0.1) is 0 Å². The van der Waals surface area contributed by atoms with Crippen molar-refractivity contribution in [3.8, 4) is 11.1 Å². The van der Waals surface area contributed by atoms with Crippen molar-refractivity contribution in [3.63, 3.8) is 0 Å². The van der Waals surface area contributed by atoms with Crippen molar-refractivity contribution in [2.24, 2.45) is 0 Å². The first-order valence-corrected chi connectivity index (χ1v) is 6.12. The molecule has 122 valence electrons. The van der Waals surface area contributed by atoms with Gasteiger partial charge in [0.1, 0.15) is 0 Å². The minimum Gasteiger partial charge on any atom is -0.478 e. The summed E-state index contributed by atoms with van der Waals surface area (Å²) in [5, 5.41) is 8.90. The lowest BCUT2D eigenvalue weighted by molar-refractivity contribution is -0.138. The number of carboxylic acids is 1. The van der Waals surface area contributed by atoms with Gasteiger partial charge in [-0.2, -0.15) is 26.3 Å². The summed E-state index contributed by atoms with van der Waals surface area (Å²) in [6.45, 7) is 0. The van der Waals surface area contributed by atoms with Gasteiger partial charge in [-0.3, -0.25) is 0 Å². The fourth-order valence-corrected chi connectivity index (χ4v) is 2.00. The minimum atomic E-state index is -4.84. The number of halogens is 6. The SMILES string of the molecule is O=C(O)c1cc(-c2ccc(C(F)(F)F)cc2)ccc1C(F)(F)F. The number of rotatable bonds is 2. The summed E-state index contributed by atoms with van der Waals surface area (Å²) >= 11 is 0. The first kappa shape index (κ1) is 16.9. The van der Waals surface area contributed by atoms with Gasteiger partial charge >= 0.3 is 18.3 Å². The van der Waals surface area contributed by atoms with Crippen LogP contribution in [-0.4, -0.2) is 11.1 Å². The number of aromatic carboxylic acids is 1. The Labute approximate surface area is 126 Å². The maximum Gasteiger partial charge on any atom is 0.417 e. The van der Waals surface area contributed by atoms with Crippen molar-refractivity contribution < 1.29 is 36.2 Å². The van der Waals surface area contributed by atoms with Crippen molar-refractivity contribution in [1.29, 1.82) is 0 Å². The van der Waals surface area contributed by atoms with Crippen molar-refractivity contribution >= 4 is 5.97 Å². The van der Waals surface area contributed by atoms with Crippen LogP contribution in [0.5, 0.6) is 0 Å². The van der Waals surface area contributed by atoms with E-state index in [9.17, 15) is 31.1 Å². The van der Waals surface area contributed by atoms with Crippen molar-refractivity contribution in [3.05, 3.63) is 59.2 Å². The first-order valence-electron chi connectivity index (χ1n) is 6.12. The molecule has 0 spiro atoms. The summed E-state index contributed by atoms with van der Waals surface area (Å²) < 4.78 is 75.6. The second-order valence-electron chi connectivity index (χ2n) is 4.64. The van der Waals surface area contributed by atoms with Crippen molar-refractivity contribution in [2.75, 3.05) is 0 Å². The van der Waals surface area contributed by atoms with Gasteiger partial charge in [0.05, 0.1) is 16.7 Å². The standard InChI is InChI=1S/C15H8F6O2/c16-14(17,18)10-4-1-8(2-5-10)9-3-6-12(15(19,20)21)11(7-9)13(22)23/h1-7H,(H,22,23). The highest BCUT2D eigenvalue weighted by atomic mass is 19.4. The molecular formula is C15H8F6O2. The van der Waals surface area contributed by atoms with E-state index in [-0.39, 0.29) is 11.1 Å². The second-order valence-corrected chi connectivity index (χ2v) is 4.64. The molecule has 23 heavy (non-hydrogen) atoms. The molecule has 0 heterocycles. The normalized spacial score (nSPS) is 12.3. The van der Waals surface area contributed by atoms with Gasteiger partial charge in [0.15, 0.2) is 0 Å². The third kappa shape index (κ3) is 3.64. The fraction of sp³-hybridized carbons (Fsp3) is 0.133. The average Bonchev–Trinajstić information content (AvgIpc) is 2.45. The molecule has 0 saturated carbocycles. The quantitative estimate of drug-likeness (QED) is 0.777. The number of hydrogen-bond donors (Lipinski definition) is 1. The topological polar surface area (TPSA) is 37.3 Å². The predicted molar refractivity (Wildman–Crippen MR) is 68.8 cm³/mol. The summed E-state index contributed by atoms with van der Waals surface area (Å²) in [5.41, 5.74) is -2.94. The number of alkyl halides is 6. The molecule has 2 aromatic rings. The van der Waals surface area contributed by atoms with E-state index < -0.39 is 35.0 Å². The van der Waals surface area contributed by atoms with Crippen LogP contribution in [0, 0.1) is 0 Å². The van der Waals surface area contributed by atoms with Crippen LogP contribution in [0.3, 0.4) is 0 Å². The average molecular weight is 334 g/mol. The third-order valence-corrected chi connectivity index (χ3v) is 3.10. The second kappa shape index (κ2) is 5.60. The molecule has 0 unspecified atom stereocenters. The van der Waals surface area contributed by atoms with E-state index in [0.29, 0.717) is 6.07 Å². The molecule has 0 amide bonds. The van der Waals surface area contributed by atoms with Gasteiger partial charge in [-0.1, -0.05) is 18.2 Å². The Balaban J connectivity index is 2.49. The smallest absolute Gasteiger partial charge is 0.417 e. The number of hydrogen-bond acceptors (Lipinski definition) is 1. The summed E-state index contributed by atoms with van der Waals surface area (Å²) in [6.07, 6.45) is -9.38. The Morgan fingerprint density at radius 2 is 1.30 bits per heavy atom. The van der Waals surface area contributed by atoms with Gasteiger partial charge < -0.3 is 5.11 Å². The molecule has 0 aliphatic carbocycles. The number of benzene rings is 2. The largest absolute Gasteiger partial charge is 0.478 e. The van der Waals surface area contributed by atoms with Crippen LogP contribution in [0.15, 0.2) is 42.5 Å². The lowest BCUT2D eigenvalue weighted by Crippen LogP contribution is -2.12. The Hall–Kier alpha value is -2.51. The van der Waals surface area contributed by atoms with Gasteiger partial charge in [-0.05, 0) is 35.4 Å². The number of carboxylic acid groups (broad SMARTS) is 1. The van der Waals surface area contributed by atoms with E-state index in [1.165, 1.54) is 0 Å². The van der Waals surface area contributed by atoms with Crippen LogP contribution in [-0.2, 0) is 12.4 Å². The summed E-state index contributed by atoms with van der Waals surface area (Å²) in [4.78, 5) is 11.0. The maximum absolute atomic E-state index is 12.7. The van der Waals surface area contributed by atoms with E-state index >= 15 is 0 Å². The molecule has 0 fully saturated rings. The molecule has 0 saturated heterocycles. The summed E-state index contributed by atoms with van der Waals surface area (Å²) in [6, 6.07) is 6.07. The first-order chi connectivity index (χ1) is 10.5. The zero-order valence-electron chi connectivity index (χ0n) is 11.2. The van der Waals surface area contributed by atoms with Gasteiger partial charge in [0.2, 0.25) is 0 Å². The van der Waals surface area contributed by atoms with Crippen LogP contribution in [0.4, 0.5) is 26.3 Å².